The van der Waals surface area contributed by atoms with Crippen molar-refractivity contribution in [1.29, 1.82) is 0 Å². The maximum Gasteiger partial charge on any atom is 0.318 e. The van der Waals surface area contributed by atoms with Crippen LogP contribution < -0.4 is 16.4 Å². The minimum absolute atomic E-state index is 0.222. The molecule has 2 heterocycles. The summed E-state index contributed by atoms with van der Waals surface area (Å²) in [6.07, 6.45) is 1.57. The lowest BCUT2D eigenvalue weighted by molar-refractivity contribution is -0.122. The third kappa shape index (κ3) is 4.37. The number of carbonyl (C=O) groups is 1. The van der Waals surface area contributed by atoms with Gasteiger partial charge in [-0.3, -0.25) is 23.5 Å². The molecule has 0 spiro atoms. The van der Waals surface area contributed by atoms with Crippen LogP contribution in [-0.2, 0) is 17.9 Å². The summed E-state index contributed by atoms with van der Waals surface area (Å²) >= 11 is 0. The van der Waals surface area contributed by atoms with Crippen molar-refractivity contribution in [2.24, 2.45) is 0 Å². The predicted molar refractivity (Wildman–Crippen MR) is 124 cm³/mol. The first kappa shape index (κ1) is 21.2. The van der Waals surface area contributed by atoms with Gasteiger partial charge in [0.25, 0.3) is 0 Å². The van der Waals surface area contributed by atoms with Gasteiger partial charge in [-0.05, 0) is 37.1 Å². The third-order valence-electron chi connectivity index (χ3n) is 5.43. The highest BCUT2D eigenvalue weighted by molar-refractivity contribution is 5.79. The number of pyridine rings is 1. The summed E-state index contributed by atoms with van der Waals surface area (Å²) in [5, 5.41) is 2.89. The first-order valence-corrected chi connectivity index (χ1v) is 10.4. The number of nitrogens with zero attached hydrogens (tertiary/aromatic N) is 3. The fourth-order valence-electron chi connectivity index (χ4n) is 3.68. The Morgan fingerprint density at radius 2 is 1.62 bits per heavy atom. The van der Waals surface area contributed by atoms with Crippen LogP contribution in [0.5, 0.6) is 0 Å². The normalized spacial score (nSPS) is 11.9. The molecule has 7 heteroatoms. The number of hydrogen-bond donors (Lipinski definition) is 1. The minimum Gasteiger partial charge on any atom is -0.348 e. The Morgan fingerprint density at radius 1 is 0.938 bits per heavy atom. The monoisotopic (exact) mass is 428 g/mol. The van der Waals surface area contributed by atoms with Crippen molar-refractivity contribution in [2.45, 2.75) is 33.0 Å². The molecule has 0 saturated carbocycles. The summed E-state index contributed by atoms with van der Waals surface area (Å²) in [7, 11) is 0. The predicted octanol–water partition coefficient (Wildman–Crippen LogP) is 2.79. The number of nitrogens with one attached hydrogen (secondary N) is 1. The molecule has 2 aromatic heterocycles. The number of aryl methyl sites for hydroxylation is 1. The smallest absolute Gasteiger partial charge is 0.318 e. The number of fused-ring (bicyclic) bond motifs is 1. The Balaban J connectivity index is 1.68. The maximum atomic E-state index is 13.0. The number of aromatic nitrogens is 3. The van der Waals surface area contributed by atoms with E-state index in [0.717, 1.165) is 16.7 Å². The summed E-state index contributed by atoms with van der Waals surface area (Å²) in [5.74, 6) is -0.357. The van der Waals surface area contributed by atoms with Crippen LogP contribution in [0, 0.1) is 6.92 Å². The van der Waals surface area contributed by atoms with Gasteiger partial charge in [-0.2, -0.15) is 0 Å². The van der Waals surface area contributed by atoms with Gasteiger partial charge in [0.1, 0.15) is 6.54 Å². The first-order valence-electron chi connectivity index (χ1n) is 10.4. The lowest BCUT2D eigenvalue weighted by atomic mass is 10.1. The van der Waals surface area contributed by atoms with Crippen LogP contribution in [-0.4, -0.2) is 20.0 Å². The Kier molecular flexibility index (Phi) is 5.98. The van der Waals surface area contributed by atoms with Crippen LogP contribution in [0.3, 0.4) is 0 Å². The van der Waals surface area contributed by atoms with E-state index in [1.54, 1.807) is 18.3 Å². The topological polar surface area (TPSA) is 86.0 Å². The Bertz CT molecular complexity index is 1370. The molecule has 4 aromatic rings. The van der Waals surface area contributed by atoms with E-state index in [4.69, 9.17) is 0 Å². The molecule has 162 valence electrons. The summed E-state index contributed by atoms with van der Waals surface area (Å²) < 4.78 is 2.56. The molecule has 4 rings (SSSR count). The SMILES string of the molecule is Cc1ccc(Cn2c(=O)c(=O)n(CC(=O)N[C@@H](C)c3ccccc3)c3cccnc32)cc1. The molecule has 0 bridgehead atoms. The highest BCUT2D eigenvalue weighted by atomic mass is 16.2. The Hall–Kier alpha value is -4.00. The van der Waals surface area contributed by atoms with Gasteiger partial charge in [-0.25, -0.2) is 4.98 Å². The molecular formula is C25H24N4O3. The van der Waals surface area contributed by atoms with Crippen molar-refractivity contribution in [3.63, 3.8) is 0 Å². The molecule has 2 aromatic carbocycles. The van der Waals surface area contributed by atoms with Crippen LogP contribution in [0.15, 0.2) is 82.5 Å². The van der Waals surface area contributed by atoms with Crippen LogP contribution in [0.25, 0.3) is 11.2 Å². The highest BCUT2D eigenvalue weighted by Crippen LogP contribution is 2.13. The molecule has 1 atom stereocenters. The second-order valence-corrected chi connectivity index (χ2v) is 7.81. The van der Waals surface area contributed by atoms with Crippen LogP contribution in [0.1, 0.15) is 29.7 Å². The fraction of sp³-hybridized carbons (Fsp3) is 0.200. The fourth-order valence-corrected chi connectivity index (χ4v) is 3.68. The average molecular weight is 428 g/mol. The van der Waals surface area contributed by atoms with E-state index in [2.05, 4.69) is 10.3 Å². The lowest BCUT2D eigenvalue weighted by Crippen LogP contribution is -2.44. The van der Waals surface area contributed by atoms with E-state index in [-0.39, 0.29) is 25.0 Å². The van der Waals surface area contributed by atoms with Crippen LogP contribution in [0.4, 0.5) is 0 Å². The number of benzene rings is 2. The van der Waals surface area contributed by atoms with E-state index in [1.807, 2.05) is 68.4 Å². The maximum absolute atomic E-state index is 13.0. The van der Waals surface area contributed by atoms with E-state index in [9.17, 15) is 14.4 Å². The molecule has 0 radical (unpaired) electrons. The van der Waals surface area contributed by atoms with Gasteiger partial charge in [0.05, 0.1) is 18.1 Å². The van der Waals surface area contributed by atoms with E-state index < -0.39 is 11.1 Å². The third-order valence-corrected chi connectivity index (χ3v) is 5.43. The van der Waals surface area contributed by atoms with E-state index in [1.165, 1.54) is 9.13 Å². The molecule has 0 aliphatic rings. The lowest BCUT2D eigenvalue weighted by Gasteiger charge is -2.17. The summed E-state index contributed by atoms with van der Waals surface area (Å²) in [6, 6.07) is 20.4. The largest absolute Gasteiger partial charge is 0.348 e. The number of carbonyl (C=O) groups excluding carboxylic acids is 1. The van der Waals surface area contributed by atoms with E-state index >= 15 is 0 Å². The summed E-state index contributed by atoms with van der Waals surface area (Å²) in [5.41, 5.74) is 2.29. The van der Waals surface area contributed by atoms with Gasteiger partial charge in [0.2, 0.25) is 5.91 Å². The molecule has 0 unspecified atom stereocenters. The zero-order valence-corrected chi connectivity index (χ0v) is 18.0. The Morgan fingerprint density at radius 3 is 2.34 bits per heavy atom. The molecule has 0 fully saturated rings. The van der Waals surface area contributed by atoms with Crippen molar-refractivity contribution in [2.75, 3.05) is 0 Å². The molecule has 7 nitrogen and oxygen atoms in total. The summed E-state index contributed by atoms with van der Waals surface area (Å²) in [4.78, 5) is 43.0. The van der Waals surface area contributed by atoms with Gasteiger partial charge >= 0.3 is 11.1 Å². The van der Waals surface area contributed by atoms with Crippen molar-refractivity contribution < 1.29 is 4.79 Å². The quantitative estimate of drug-likeness (QED) is 0.479. The standard InChI is InChI=1S/C25H24N4O3/c1-17-10-12-19(13-11-17)15-29-23-21(9-6-14-26-23)28(24(31)25(29)32)16-22(30)27-18(2)20-7-4-3-5-8-20/h3-14,18H,15-16H2,1-2H3,(H,27,30)/t18-/m0/s1. The van der Waals surface area contributed by atoms with Gasteiger partial charge in [0.15, 0.2) is 5.65 Å². The molecule has 0 aliphatic carbocycles. The Labute approximate surface area is 185 Å². The average Bonchev–Trinajstić information content (AvgIpc) is 2.81. The zero-order chi connectivity index (χ0) is 22.7. The zero-order valence-electron chi connectivity index (χ0n) is 18.0. The van der Waals surface area contributed by atoms with Crippen LogP contribution in [0.2, 0.25) is 0 Å². The first-order chi connectivity index (χ1) is 15.4. The van der Waals surface area contributed by atoms with Crippen molar-refractivity contribution >= 4 is 17.1 Å². The molecule has 32 heavy (non-hydrogen) atoms. The van der Waals surface area contributed by atoms with Gasteiger partial charge in [-0.15, -0.1) is 0 Å². The molecule has 1 amide bonds. The van der Waals surface area contributed by atoms with Crippen LogP contribution >= 0.6 is 0 Å². The van der Waals surface area contributed by atoms with Gasteiger partial charge in [-0.1, -0.05) is 60.2 Å². The van der Waals surface area contributed by atoms with E-state index in [0.29, 0.717) is 11.2 Å². The molecule has 1 N–H and O–H groups in total. The van der Waals surface area contributed by atoms with Gasteiger partial charge < -0.3 is 5.32 Å². The molecule has 0 saturated heterocycles. The summed E-state index contributed by atoms with van der Waals surface area (Å²) in [6.45, 7) is 3.81. The molecule has 0 aliphatic heterocycles. The van der Waals surface area contributed by atoms with Gasteiger partial charge in [0, 0.05) is 6.20 Å². The second kappa shape index (κ2) is 9.01. The van der Waals surface area contributed by atoms with Crippen molar-refractivity contribution in [3.8, 4) is 0 Å². The number of amides is 1. The second-order valence-electron chi connectivity index (χ2n) is 7.81. The molecular weight excluding hydrogens is 404 g/mol. The van der Waals surface area contributed by atoms with Crippen molar-refractivity contribution in [3.05, 3.63) is 110 Å². The number of hydrogen-bond acceptors (Lipinski definition) is 4. The minimum atomic E-state index is -0.750. The van der Waals surface area contributed by atoms with Crippen molar-refractivity contribution in [1.82, 2.24) is 19.4 Å². The number of rotatable bonds is 6. The highest BCUT2D eigenvalue weighted by Gasteiger charge is 2.17.